The van der Waals surface area contributed by atoms with E-state index in [1.54, 1.807) is 12.1 Å². The second-order valence-electron chi connectivity index (χ2n) is 6.82. The minimum Gasteiger partial charge on any atom is -0.311 e. The topological polar surface area (TPSA) is 12.0 Å². The van der Waals surface area contributed by atoms with Crippen LogP contribution in [0.4, 0.5) is 4.39 Å². The minimum absolute atomic E-state index is 0.0708. The number of hydrogen-bond acceptors (Lipinski definition) is 1. The SMILES string of the molecule is CC(C)CCC(CNC(C)(C)C)c1ccccc1F. The summed E-state index contributed by atoms with van der Waals surface area (Å²) < 4.78 is 14.0. The first-order valence-corrected chi connectivity index (χ1v) is 7.29. The first kappa shape index (κ1) is 16.2. The maximum Gasteiger partial charge on any atom is 0.126 e. The van der Waals surface area contributed by atoms with Crippen LogP contribution in [-0.2, 0) is 0 Å². The van der Waals surface area contributed by atoms with E-state index in [0.29, 0.717) is 5.92 Å². The van der Waals surface area contributed by atoms with E-state index in [0.717, 1.165) is 24.9 Å². The highest BCUT2D eigenvalue weighted by atomic mass is 19.1. The second-order valence-corrected chi connectivity index (χ2v) is 6.82. The third-order valence-corrected chi connectivity index (χ3v) is 3.32. The first-order valence-electron chi connectivity index (χ1n) is 7.29. The lowest BCUT2D eigenvalue weighted by Gasteiger charge is -2.26. The molecule has 19 heavy (non-hydrogen) atoms. The highest BCUT2D eigenvalue weighted by Crippen LogP contribution is 2.25. The zero-order chi connectivity index (χ0) is 14.5. The molecule has 0 spiro atoms. The number of nitrogens with one attached hydrogen (secondary N) is 1. The Morgan fingerprint density at radius 1 is 1.11 bits per heavy atom. The van der Waals surface area contributed by atoms with Crippen LogP contribution in [-0.4, -0.2) is 12.1 Å². The molecule has 0 saturated heterocycles. The molecule has 1 nitrogen and oxygen atoms in total. The van der Waals surface area contributed by atoms with Crippen molar-refractivity contribution < 1.29 is 4.39 Å². The van der Waals surface area contributed by atoms with Crippen molar-refractivity contribution in [3.63, 3.8) is 0 Å². The molecular formula is C17H28FN. The Hall–Kier alpha value is -0.890. The van der Waals surface area contributed by atoms with Gasteiger partial charge in [-0.2, -0.15) is 0 Å². The molecule has 1 N–H and O–H groups in total. The molecule has 0 aliphatic rings. The zero-order valence-electron chi connectivity index (χ0n) is 13.0. The van der Waals surface area contributed by atoms with Crippen LogP contribution >= 0.6 is 0 Å². The molecule has 0 aliphatic carbocycles. The van der Waals surface area contributed by atoms with E-state index in [1.165, 1.54) is 0 Å². The van der Waals surface area contributed by atoms with Crippen molar-refractivity contribution in [2.24, 2.45) is 5.92 Å². The Morgan fingerprint density at radius 2 is 1.74 bits per heavy atom. The van der Waals surface area contributed by atoms with Crippen LogP contribution in [0.3, 0.4) is 0 Å². The van der Waals surface area contributed by atoms with Crippen LogP contribution in [0.2, 0.25) is 0 Å². The minimum atomic E-state index is -0.0769. The molecule has 1 aromatic rings. The van der Waals surface area contributed by atoms with Gasteiger partial charge in [0, 0.05) is 12.1 Å². The maximum atomic E-state index is 14.0. The molecule has 0 bridgehead atoms. The Balaban J connectivity index is 2.77. The molecule has 108 valence electrons. The normalized spacial score (nSPS) is 13.8. The van der Waals surface area contributed by atoms with Gasteiger partial charge < -0.3 is 5.32 Å². The lowest BCUT2D eigenvalue weighted by atomic mass is 9.90. The number of rotatable bonds is 6. The fourth-order valence-electron chi connectivity index (χ4n) is 2.14. The lowest BCUT2D eigenvalue weighted by molar-refractivity contribution is 0.382. The van der Waals surface area contributed by atoms with Crippen molar-refractivity contribution in [1.82, 2.24) is 5.32 Å². The Bertz CT molecular complexity index is 379. The Kier molecular flexibility index (Phi) is 5.99. The molecule has 0 heterocycles. The average molecular weight is 265 g/mol. The summed E-state index contributed by atoms with van der Waals surface area (Å²) in [7, 11) is 0. The number of hydrogen-bond donors (Lipinski definition) is 1. The van der Waals surface area contributed by atoms with Crippen molar-refractivity contribution in [3.05, 3.63) is 35.6 Å². The lowest BCUT2D eigenvalue weighted by Crippen LogP contribution is -2.38. The van der Waals surface area contributed by atoms with Gasteiger partial charge in [0.25, 0.3) is 0 Å². The predicted molar refractivity (Wildman–Crippen MR) is 81.0 cm³/mol. The monoisotopic (exact) mass is 265 g/mol. The van der Waals surface area contributed by atoms with Crippen LogP contribution in [0.5, 0.6) is 0 Å². The van der Waals surface area contributed by atoms with Crippen LogP contribution in [0.15, 0.2) is 24.3 Å². The van der Waals surface area contributed by atoms with Crippen molar-refractivity contribution in [2.45, 2.75) is 58.9 Å². The largest absolute Gasteiger partial charge is 0.311 e. The standard InChI is InChI=1S/C17H28FN/c1-13(2)10-11-14(12-19-17(3,4)5)15-8-6-7-9-16(15)18/h6-9,13-14,19H,10-12H2,1-5H3. The number of halogens is 1. The molecule has 0 aliphatic heterocycles. The molecule has 2 heteroatoms. The van der Waals surface area contributed by atoms with Crippen molar-refractivity contribution in [2.75, 3.05) is 6.54 Å². The summed E-state index contributed by atoms with van der Waals surface area (Å²) >= 11 is 0. The Labute approximate surface area is 117 Å². The predicted octanol–water partition coefficient (Wildman–Crippen LogP) is 4.73. The van der Waals surface area contributed by atoms with E-state index in [1.807, 2.05) is 12.1 Å². The third kappa shape index (κ3) is 6.20. The fraction of sp³-hybridized carbons (Fsp3) is 0.647. The molecule has 0 amide bonds. The number of benzene rings is 1. The molecule has 1 aromatic carbocycles. The summed E-state index contributed by atoms with van der Waals surface area (Å²) in [6.07, 6.45) is 2.16. The van der Waals surface area contributed by atoms with E-state index in [-0.39, 0.29) is 17.3 Å². The van der Waals surface area contributed by atoms with Gasteiger partial charge in [-0.1, -0.05) is 38.5 Å². The highest BCUT2D eigenvalue weighted by molar-refractivity contribution is 5.22. The zero-order valence-corrected chi connectivity index (χ0v) is 13.0. The quantitative estimate of drug-likeness (QED) is 0.784. The summed E-state index contributed by atoms with van der Waals surface area (Å²) in [5.74, 6) is 0.832. The van der Waals surface area contributed by atoms with Gasteiger partial charge in [-0.3, -0.25) is 0 Å². The van der Waals surface area contributed by atoms with Crippen LogP contribution in [0, 0.1) is 11.7 Å². The van der Waals surface area contributed by atoms with Crippen LogP contribution < -0.4 is 5.32 Å². The summed E-state index contributed by atoms with van der Waals surface area (Å²) in [6, 6.07) is 7.17. The smallest absolute Gasteiger partial charge is 0.126 e. The molecule has 0 radical (unpaired) electrons. The molecule has 1 rings (SSSR count). The van der Waals surface area contributed by atoms with Crippen molar-refractivity contribution >= 4 is 0 Å². The molecule has 0 saturated carbocycles. The second kappa shape index (κ2) is 7.04. The van der Waals surface area contributed by atoms with Gasteiger partial charge in [0.15, 0.2) is 0 Å². The third-order valence-electron chi connectivity index (χ3n) is 3.32. The molecule has 1 atom stereocenters. The molecule has 0 aromatic heterocycles. The van der Waals surface area contributed by atoms with Gasteiger partial charge in [-0.25, -0.2) is 4.39 Å². The van der Waals surface area contributed by atoms with E-state index in [2.05, 4.69) is 39.9 Å². The van der Waals surface area contributed by atoms with Crippen LogP contribution in [0.1, 0.15) is 58.9 Å². The summed E-state index contributed by atoms with van der Waals surface area (Å²) in [5, 5.41) is 3.50. The summed E-state index contributed by atoms with van der Waals surface area (Å²) in [6.45, 7) is 11.7. The van der Waals surface area contributed by atoms with E-state index < -0.39 is 0 Å². The average Bonchev–Trinajstić information content (AvgIpc) is 2.29. The van der Waals surface area contributed by atoms with Gasteiger partial charge in [0.2, 0.25) is 0 Å². The maximum absolute atomic E-state index is 14.0. The van der Waals surface area contributed by atoms with Crippen molar-refractivity contribution in [3.8, 4) is 0 Å². The summed E-state index contributed by atoms with van der Waals surface area (Å²) in [5.41, 5.74) is 0.918. The fourth-order valence-corrected chi connectivity index (χ4v) is 2.14. The van der Waals surface area contributed by atoms with Crippen LogP contribution in [0.25, 0.3) is 0 Å². The van der Waals surface area contributed by atoms with Gasteiger partial charge >= 0.3 is 0 Å². The molecular weight excluding hydrogens is 237 g/mol. The van der Waals surface area contributed by atoms with Gasteiger partial charge in [-0.05, 0) is 50.7 Å². The van der Waals surface area contributed by atoms with E-state index in [4.69, 9.17) is 0 Å². The highest BCUT2D eigenvalue weighted by Gasteiger charge is 2.18. The van der Waals surface area contributed by atoms with E-state index >= 15 is 0 Å². The van der Waals surface area contributed by atoms with Crippen molar-refractivity contribution in [1.29, 1.82) is 0 Å². The molecule has 1 unspecified atom stereocenters. The van der Waals surface area contributed by atoms with Gasteiger partial charge in [0.1, 0.15) is 5.82 Å². The van der Waals surface area contributed by atoms with Gasteiger partial charge in [0.05, 0.1) is 0 Å². The van der Waals surface area contributed by atoms with Gasteiger partial charge in [-0.15, -0.1) is 0 Å². The first-order chi connectivity index (χ1) is 8.79. The van der Waals surface area contributed by atoms with E-state index in [9.17, 15) is 4.39 Å². The molecule has 0 fully saturated rings. The summed E-state index contributed by atoms with van der Waals surface area (Å²) in [4.78, 5) is 0. The Morgan fingerprint density at radius 3 is 2.26 bits per heavy atom.